The molecular formula is C19H25N3O4S. The summed E-state index contributed by atoms with van der Waals surface area (Å²) in [7, 11) is 1.50. The van der Waals surface area contributed by atoms with Crippen LogP contribution in [0.4, 0.5) is 0 Å². The molecule has 1 aromatic heterocycles. The minimum Gasteiger partial charge on any atom is -0.481 e. The Morgan fingerprint density at radius 1 is 1.37 bits per heavy atom. The van der Waals surface area contributed by atoms with Gasteiger partial charge in [-0.2, -0.15) is 11.8 Å². The van der Waals surface area contributed by atoms with Gasteiger partial charge in [0.25, 0.3) is 0 Å². The van der Waals surface area contributed by atoms with Crippen LogP contribution in [-0.4, -0.2) is 64.5 Å². The smallest absolute Gasteiger partial charge is 0.313 e. The van der Waals surface area contributed by atoms with Crippen LogP contribution in [0.15, 0.2) is 24.3 Å². The van der Waals surface area contributed by atoms with E-state index in [-0.39, 0.29) is 25.6 Å². The van der Waals surface area contributed by atoms with Crippen LogP contribution in [-0.2, 0) is 26.6 Å². The molecule has 1 amide bonds. The van der Waals surface area contributed by atoms with Crippen LogP contribution in [0.3, 0.4) is 0 Å². The number of carboxylic acids is 1. The lowest BCUT2D eigenvalue weighted by atomic mass is 9.80. The summed E-state index contributed by atoms with van der Waals surface area (Å²) in [6.45, 7) is 1.03. The molecule has 1 aromatic carbocycles. The van der Waals surface area contributed by atoms with E-state index in [9.17, 15) is 14.7 Å². The van der Waals surface area contributed by atoms with E-state index in [1.165, 1.54) is 7.11 Å². The number of rotatable bonds is 7. The molecule has 1 saturated heterocycles. The molecule has 0 saturated carbocycles. The first-order valence-electron chi connectivity index (χ1n) is 8.94. The largest absolute Gasteiger partial charge is 0.481 e. The Morgan fingerprint density at radius 2 is 2.15 bits per heavy atom. The molecule has 0 bridgehead atoms. The third-order valence-corrected chi connectivity index (χ3v) is 5.65. The van der Waals surface area contributed by atoms with E-state index in [0.717, 1.165) is 16.9 Å². The lowest BCUT2D eigenvalue weighted by Crippen LogP contribution is -2.52. The fourth-order valence-corrected chi connectivity index (χ4v) is 4.23. The normalized spacial score (nSPS) is 20.1. The molecule has 2 aromatic rings. The van der Waals surface area contributed by atoms with E-state index >= 15 is 0 Å². The minimum atomic E-state index is -1.03. The SMILES string of the molecule is COCC1(C(=O)O)CCCN(C(=O)Cn2c(CSC)nc3ccccc32)C1. The molecule has 3 rings (SSSR count). The number of carbonyl (C=O) groups excluding carboxylic acids is 1. The zero-order chi connectivity index (χ0) is 19.4. The number of imidazole rings is 1. The van der Waals surface area contributed by atoms with Gasteiger partial charge >= 0.3 is 5.97 Å². The maximum Gasteiger partial charge on any atom is 0.313 e. The van der Waals surface area contributed by atoms with Gasteiger partial charge in [-0.15, -0.1) is 0 Å². The number of hydrogen-bond donors (Lipinski definition) is 1. The van der Waals surface area contributed by atoms with Crippen molar-refractivity contribution in [3.05, 3.63) is 30.1 Å². The molecule has 1 N–H and O–H groups in total. The number of piperidine rings is 1. The number of likely N-dealkylation sites (tertiary alicyclic amines) is 1. The molecule has 1 fully saturated rings. The van der Waals surface area contributed by atoms with Crippen molar-refractivity contribution in [1.29, 1.82) is 0 Å². The van der Waals surface area contributed by atoms with E-state index in [1.807, 2.05) is 35.1 Å². The number of aliphatic carboxylic acids is 1. The highest BCUT2D eigenvalue weighted by Crippen LogP contribution is 2.31. The van der Waals surface area contributed by atoms with Gasteiger partial charge in [0.15, 0.2) is 0 Å². The third-order valence-electron chi connectivity index (χ3n) is 5.10. The molecule has 0 spiro atoms. The van der Waals surface area contributed by atoms with Gasteiger partial charge in [-0.05, 0) is 31.2 Å². The number of para-hydroxylation sites is 2. The first-order valence-corrected chi connectivity index (χ1v) is 10.3. The molecule has 8 heteroatoms. The van der Waals surface area contributed by atoms with Gasteiger partial charge in [0.1, 0.15) is 17.8 Å². The van der Waals surface area contributed by atoms with E-state index in [1.54, 1.807) is 16.7 Å². The average Bonchev–Trinajstić information content (AvgIpc) is 3.00. The van der Waals surface area contributed by atoms with Gasteiger partial charge in [0, 0.05) is 20.2 Å². The molecule has 7 nitrogen and oxygen atoms in total. The Hall–Kier alpha value is -2.06. The maximum absolute atomic E-state index is 13.0. The molecule has 146 valence electrons. The number of ether oxygens (including phenoxy) is 1. The number of methoxy groups -OCH3 is 1. The summed E-state index contributed by atoms with van der Waals surface area (Å²) in [6, 6.07) is 7.76. The summed E-state index contributed by atoms with van der Waals surface area (Å²) in [5.41, 5.74) is 0.766. The van der Waals surface area contributed by atoms with E-state index < -0.39 is 11.4 Å². The first kappa shape index (κ1) is 19.7. The second-order valence-corrected chi connectivity index (χ2v) is 7.84. The summed E-state index contributed by atoms with van der Waals surface area (Å²) in [5, 5.41) is 9.70. The van der Waals surface area contributed by atoms with Gasteiger partial charge < -0.3 is 19.3 Å². The maximum atomic E-state index is 13.0. The molecule has 0 radical (unpaired) electrons. The summed E-state index contributed by atoms with van der Waals surface area (Å²) >= 11 is 1.65. The topological polar surface area (TPSA) is 84.7 Å². The second-order valence-electron chi connectivity index (χ2n) is 6.97. The Kier molecular flexibility index (Phi) is 6.06. The third kappa shape index (κ3) is 3.96. The lowest BCUT2D eigenvalue weighted by Gasteiger charge is -2.39. The molecule has 1 aliphatic heterocycles. The second kappa shape index (κ2) is 8.31. The number of thioether (sulfide) groups is 1. The van der Waals surface area contributed by atoms with Gasteiger partial charge in [0.05, 0.1) is 23.4 Å². The van der Waals surface area contributed by atoms with Crippen LogP contribution in [0.1, 0.15) is 18.7 Å². The fourth-order valence-electron chi connectivity index (χ4n) is 3.75. The number of benzene rings is 1. The number of nitrogens with zero attached hydrogens (tertiary/aromatic N) is 3. The quantitative estimate of drug-likeness (QED) is 0.779. The van der Waals surface area contributed by atoms with Crippen LogP contribution >= 0.6 is 11.8 Å². The van der Waals surface area contributed by atoms with Crippen LogP contribution in [0, 0.1) is 5.41 Å². The highest BCUT2D eigenvalue weighted by atomic mass is 32.2. The van der Waals surface area contributed by atoms with Crippen molar-refractivity contribution in [2.75, 3.05) is 33.1 Å². The van der Waals surface area contributed by atoms with Crippen molar-refractivity contribution < 1.29 is 19.4 Å². The fraction of sp³-hybridized carbons (Fsp3) is 0.526. The predicted octanol–water partition coefficient (Wildman–Crippen LogP) is 2.24. The van der Waals surface area contributed by atoms with Gasteiger partial charge in [-0.3, -0.25) is 9.59 Å². The number of carbonyl (C=O) groups is 2. The van der Waals surface area contributed by atoms with Crippen molar-refractivity contribution >= 4 is 34.7 Å². The zero-order valence-corrected chi connectivity index (χ0v) is 16.5. The number of hydrogen-bond acceptors (Lipinski definition) is 5. The van der Waals surface area contributed by atoms with Crippen molar-refractivity contribution in [2.24, 2.45) is 5.41 Å². The molecule has 0 aliphatic carbocycles. The summed E-state index contributed by atoms with van der Waals surface area (Å²) in [5.74, 6) is 0.584. The number of carboxylic acid groups (broad SMARTS) is 1. The monoisotopic (exact) mass is 391 g/mol. The van der Waals surface area contributed by atoms with Crippen LogP contribution in [0.5, 0.6) is 0 Å². The molecule has 27 heavy (non-hydrogen) atoms. The van der Waals surface area contributed by atoms with E-state index in [0.29, 0.717) is 25.1 Å². The number of fused-ring (bicyclic) bond motifs is 1. The number of aromatic nitrogens is 2. The Bertz CT molecular complexity index is 833. The Balaban J connectivity index is 1.84. The highest BCUT2D eigenvalue weighted by Gasteiger charge is 2.43. The molecule has 1 unspecified atom stereocenters. The van der Waals surface area contributed by atoms with Crippen molar-refractivity contribution in [2.45, 2.75) is 25.1 Å². The lowest BCUT2D eigenvalue weighted by molar-refractivity contribution is -0.159. The van der Waals surface area contributed by atoms with Crippen molar-refractivity contribution in [1.82, 2.24) is 14.5 Å². The Labute approximate surface area is 162 Å². The molecule has 2 heterocycles. The summed E-state index contributed by atoms with van der Waals surface area (Å²) in [4.78, 5) is 31.2. The van der Waals surface area contributed by atoms with Gasteiger partial charge in [0.2, 0.25) is 5.91 Å². The predicted molar refractivity (Wildman–Crippen MR) is 105 cm³/mol. The summed E-state index contributed by atoms with van der Waals surface area (Å²) < 4.78 is 7.10. The number of amides is 1. The van der Waals surface area contributed by atoms with Gasteiger partial charge in [-0.1, -0.05) is 12.1 Å². The molecule has 1 aliphatic rings. The molecule has 1 atom stereocenters. The Morgan fingerprint density at radius 3 is 2.85 bits per heavy atom. The van der Waals surface area contributed by atoms with Crippen molar-refractivity contribution in [3.8, 4) is 0 Å². The summed E-state index contributed by atoms with van der Waals surface area (Å²) in [6.07, 6.45) is 3.18. The van der Waals surface area contributed by atoms with Crippen LogP contribution in [0.25, 0.3) is 11.0 Å². The highest BCUT2D eigenvalue weighted by molar-refractivity contribution is 7.97. The standard InChI is InChI=1S/C19H25N3O4S/c1-26-13-19(18(24)25)8-5-9-21(12-19)17(23)10-22-15-7-4-3-6-14(15)20-16(22)11-27-2/h3-4,6-7H,5,8-13H2,1-2H3,(H,24,25). The van der Waals surface area contributed by atoms with Crippen molar-refractivity contribution in [3.63, 3.8) is 0 Å². The van der Waals surface area contributed by atoms with Crippen LogP contribution < -0.4 is 0 Å². The molecular weight excluding hydrogens is 366 g/mol. The average molecular weight is 391 g/mol. The minimum absolute atomic E-state index is 0.0815. The van der Waals surface area contributed by atoms with Crippen LogP contribution in [0.2, 0.25) is 0 Å². The first-order chi connectivity index (χ1) is 13.0. The van der Waals surface area contributed by atoms with E-state index in [4.69, 9.17) is 4.74 Å². The van der Waals surface area contributed by atoms with Gasteiger partial charge in [-0.25, -0.2) is 4.98 Å². The van der Waals surface area contributed by atoms with E-state index in [2.05, 4.69) is 4.98 Å². The zero-order valence-electron chi connectivity index (χ0n) is 15.7.